The number of benzene rings is 1. The molecule has 0 atom stereocenters. The smallest absolute Gasteiger partial charge is 0.216 e. The van der Waals surface area contributed by atoms with Crippen LogP contribution in [0.25, 0.3) is 0 Å². The summed E-state index contributed by atoms with van der Waals surface area (Å²) in [6.45, 7) is 2.49. The maximum atomic E-state index is 12.6. The largest absolute Gasteiger partial charge is 0.493 e. The van der Waals surface area contributed by atoms with E-state index in [4.69, 9.17) is 16.3 Å². The minimum atomic E-state index is -0.206. The third-order valence-electron chi connectivity index (χ3n) is 2.74. The molecule has 0 aliphatic heterocycles. The Balaban J connectivity index is 2.55. The van der Waals surface area contributed by atoms with Crippen LogP contribution in [0.2, 0.25) is 5.02 Å². The first-order valence-electron chi connectivity index (χ1n) is 5.68. The quantitative estimate of drug-likeness (QED) is 0.797. The minimum absolute atomic E-state index is 0.206. The predicted octanol–water partition coefficient (Wildman–Crippen LogP) is 3.56. The number of aryl methyl sites for hydroxylation is 1. The van der Waals surface area contributed by atoms with Crippen molar-refractivity contribution < 1.29 is 9.53 Å². The highest BCUT2D eigenvalue weighted by Crippen LogP contribution is 2.30. The van der Waals surface area contributed by atoms with Crippen molar-refractivity contribution in [2.24, 2.45) is 0 Å². The molecule has 1 aromatic carbocycles. The summed E-state index contributed by atoms with van der Waals surface area (Å²) < 4.78 is 7.46. The molecular formula is C13H12BrClN2O2. The van der Waals surface area contributed by atoms with E-state index in [0.29, 0.717) is 33.0 Å². The second-order valence-corrected chi connectivity index (χ2v) is 5.04. The number of carbonyl (C=O) groups excluding carboxylic acids is 1. The van der Waals surface area contributed by atoms with Gasteiger partial charge in [-0.05, 0) is 35.0 Å². The molecule has 0 saturated heterocycles. The molecule has 1 heterocycles. The molecule has 2 rings (SSSR count). The summed E-state index contributed by atoms with van der Waals surface area (Å²) in [6.07, 6.45) is 1.53. The average Bonchev–Trinajstić information content (AvgIpc) is 2.84. The van der Waals surface area contributed by atoms with Gasteiger partial charge in [-0.15, -0.1) is 0 Å². The Morgan fingerprint density at radius 1 is 1.53 bits per heavy atom. The van der Waals surface area contributed by atoms with Gasteiger partial charge in [0.25, 0.3) is 0 Å². The number of ketones is 1. The van der Waals surface area contributed by atoms with Gasteiger partial charge in [0.05, 0.1) is 18.3 Å². The Morgan fingerprint density at radius 3 is 2.89 bits per heavy atom. The lowest BCUT2D eigenvalue weighted by Crippen LogP contribution is -2.12. The molecule has 2 aromatic rings. The zero-order valence-corrected chi connectivity index (χ0v) is 12.8. The third-order valence-corrected chi connectivity index (χ3v) is 4.03. The zero-order chi connectivity index (χ0) is 14.0. The van der Waals surface area contributed by atoms with E-state index in [1.807, 2.05) is 6.92 Å². The van der Waals surface area contributed by atoms with Crippen molar-refractivity contribution in [3.63, 3.8) is 0 Å². The van der Waals surface area contributed by atoms with Crippen LogP contribution in [0.5, 0.6) is 5.75 Å². The highest BCUT2D eigenvalue weighted by Gasteiger charge is 2.22. The van der Waals surface area contributed by atoms with Crippen LogP contribution in [0.3, 0.4) is 0 Å². The van der Waals surface area contributed by atoms with Crippen molar-refractivity contribution in [2.45, 2.75) is 13.5 Å². The minimum Gasteiger partial charge on any atom is -0.493 e. The van der Waals surface area contributed by atoms with Crippen molar-refractivity contribution in [3.05, 3.63) is 45.1 Å². The van der Waals surface area contributed by atoms with Gasteiger partial charge in [0.15, 0.2) is 11.4 Å². The summed E-state index contributed by atoms with van der Waals surface area (Å²) >= 11 is 9.47. The molecule has 0 bridgehead atoms. The molecule has 0 radical (unpaired) electrons. The summed E-state index contributed by atoms with van der Waals surface area (Å²) in [7, 11) is 1.51. The Hall–Kier alpha value is -1.33. The van der Waals surface area contributed by atoms with Crippen molar-refractivity contribution in [1.82, 2.24) is 9.78 Å². The fourth-order valence-corrected chi connectivity index (χ4v) is 2.37. The summed E-state index contributed by atoms with van der Waals surface area (Å²) in [5.41, 5.74) is 0.828. The molecule has 0 fully saturated rings. The van der Waals surface area contributed by atoms with Gasteiger partial charge in [0, 0.05) is 16.6 Å². The number of hydrogen-bond acceptors (Lipinski definition) is 3. The Morgan fingerprint density at radius 2 is 2.26 bits per heavy atom. The van der Waals surface area contributed by atoms with Crippen LogP contribution in [-0.2, 0) is 6.54 Å². The summed E-state index contributed by atoms with van der Waals surface area (Å²) in [4.78, 5) is 12.6. The normalized spacial score (nSPS) is 10.5. The van der Waals surface area contributed by atoms with E-state index in [0.717, 1.165) is 0 Å². The van der Waals surface area contributed by atoms with Gasteiger partial charge in [-0.25, -0.2) is 0 Å². The van der Waals surface area contributed by atoms with Gasteiger partial charge in [0.1, 0.15) is 0 Å². The molecule has 0 saturated carbocycles. The number of aromatic nitrogens is 2. The number of nitrogens with zero attached hydrogens (tertiary/aromatic N) is 2. The van der Waals surface area contributed by atoms with E-state index < -0.39 is 0 Å². The number of halogens is 2. The van der Waals surface area contributed by atoms with Crippen LogP contribution in [0.4, 0.5) is 0 Å². The average molecular weight is 344 g/mol. The summed E-state index contributed by atoms with van der Waals surface area (Å²) in [5.74, 6) is 0.241. The van der Waals surface area contributed by atoms with Crippen LogP contribution in [0.1, 0.15) is 23.0 Å². The van der Waals surface area contributed by atoms with Gasteiger partial charge < -0.3 is 4.74 Å². The van der Waals surface area contributed by atoms with Crippen LogP contribution >= 0.6 is 27.5 Å². The van der Waals surface area contributed by atoms with E-state index in [1.54, 1.807) is 22.9 Å². The second-order valence-electron chi connectivity index (χ2n) is 3.81. The van der Waals surface area contributed by atoms with Gasteiger partial charge >= 0.3 is 0 Å². The number of methoxy groups -OCH3 is 1. The molecule has 0 aliphatic rings. The Kier molecular flexibility index (Phi) is 4.27. The molecule has 0 N–H and O–H groups in total. The maximum absolute atomic E-state index is 12.6. The lowest BCUT2D eigenvalue weighted by Gasteiger charge is -2.08. The maximum Gasteiger partial charge on any atom is 0.216 e. The lowest BCUT2D eigenvalue weighted by atomic mass is 10.1. The number of hydrogen-bond donors (Lipinski definition) is 0. The Labute approximate surface area is 124 Å². The SMILES string of the molecule is CCn1ncc(OC)c1C(=O)c1cccc(Br)c1Cl. The molecule has 0 spiro atoms. The van der Waals surface area contributed by atoms with E-state index >= 15 is 0 Å². The van der Waals surface area contributed by atoms with Crippen LogP contribution in [-0.4, -0.2) is 22.7 Å². The second kappa shape index (κ2) is 5.75. The van der Waals surface area contributed by atoms with E-state index in [-0.39, 0.29) is 5.78 Å². The molecule has 6 heteroatoms. The van der Waals surface area contributed by atoms with E-state index in [1.165, 1.54) is 13.3 Å². The van der Waals surface area contributed by atoms with Gasteiger partial charge in [-0.1, -0.05) is 17.7 Å². The van der Waals surface area contributed by atoms with Crippen LogP contribution in [0.15, 0.2) is 28.9 Å². The first-order valence-corrected chi connectivity index (χ1v) is 6.85. The van der Waals surface area contributed by atoms with Gasteiger partial charge in [0.2, 0.25) is 5.78 Å². The highest BCUT2D eigenvalue weighted by atomic mass is 79.9. The molecule has 0 amide bonds. The van der Waals surface area contributed by atoms with Crippen molar-refractivity contribution in [2.75, 3.05) is 7.11 Å². The summed E-state index contributed by atoms with van der Waals surface area (Å²) in [5, 5.41) is 4.51. The standard InChI is InChI=1S/C13H12BrClN2O2/c1-3-17-12(10(19-2)7-16-17)13(18)8-5-4-6-9(14)11(8)15/h4-7H,3H2,1-2H3. The lowest BCUT2D eigenvalue weighted by molar-refractivity contribution is 0.102. The summed E-state index contributed by atoms with van der Waals surface area (Å²) in [6, 6.07) is 5.23. The number of rotatable bonds is 4. The van der Waals surface area contributed by atoms with Crippen molar-refractivity contribution >= 4 is 33.3 Å². The first-order chi connectivity index (χ1) is 9.10. The predicted molar refractivity (Wildman–Crippen MR) is 77.0 cm³/mol. The molecular weight excluding hydrogens is 332 g/mol. The number of carbonyl (C=O) groups is 1. The van der Waals surface area contributed by atoms with Gasteiger partial charge in [-0.2, -0.15) is 5.10 Å². The van der Waals surface area contributed by atoms with Crippen LogP contribution < -0.4 is 4.74 Å². The van der Waals surface area contributed by atoms with Gasteiger partial charge in [-0.3, -0.25) is 9.48 Å². The third kappa shape index (κ3) is 2.53. The van der Waals surface area contributed by atoms with Crippen molar-refractivity contribution in [1.29, 1.82) is 0 Å². The fraction of sp³-hybridized carbons (Fsp3) is 0.231. The zero-order valence-electron chi connectivity index (χ0n) is 10.5. The molecule has 100 valence electrons. The molecule has 4 nitrogen and oxygen atoms in total. The van der Waals surface area contributed by atoms with E-state index in [2.05, 4.69) is 21.0 Å². The topological polar surface area (TPSA) is 44.1 Å². The Bertz CT molecular complexity index is 604. The molecule has 19 heavy (non-hydrogen) atoms. The fourth-order valence-electron chi connectivity index (χ4n) is 1.79. The van der Waals surface area contributed by atoms with E-state index in [9.17, 15) is 4.79 Å². The molecule has 0 unspecified atom stereocenters. The number of ether oxygens (including phenoxy) is 1. The monoisotopic (exact) mass is 342 g/mol. The van der Waals surface area contributed by atoms with Crippen LogP contribution in [0, 0.1) is 0 Å². The van der Waals surface area contributed by atoms with Crippen molar-refractivity contribution in [3.8, 4) is 5.75 Å². The highest BCUT2D eigenvalue weighted by molar-refractivity contribution is 9.10. The molecule has 1 aromatic heterocycles. The molecule has 0 aliphatic carbocycles. The first kappa shape index (κ1) is 14.1.